The van der Waals surface area contributed by atoms with Crippen molar-refractivity contribution in [2.45, 2.75) is 18.4 Å². The Morgan fingerprint density at radius 3 is 2.59 bits per heavy atom. The predicted molar refractivity (Wildman–Crippen MR) is 103 cm³/mol. The summed E-state index contributed by atoms with van der Waals surface area (Å²) in [5.41, 5.74) is 2.19. The van der Waals surface area contributed by atoms with E-state index in [9.17, 15) is 13.2 Å². The van der Waals surface area contributed by atoms with Crippen LogP contribution in [0.1, 0.15) is 21.5 Å². The summed E-state index contributed by atoms with van der Waals surface area (Å²) < 4.78 is 32.1. The van der Waals surface area contributed by atoms with Gasteiger partial charge in [-0.05, 0) is 36.2 Å². The standard InChI is InChI=1S/C19H21ClN2O4S/c1-14-4-2-3-5-15(14)13-21-19(23)17-12-16(6-7-18(17)20)27(24,25)22-8-10-26-11-9-22/h2-7,12H,8-11,13H2,1H3,(H,21,23). The molecule has 0 spiro atoms. The number of nitrogens with one attached hydrogen (secondary N) is 1. The molecule has 1 saturated heterocycles. The van der Waals surface area contributed by atoms with Crippen LogP contribution < -0.4 is 5.32 Å². The van der Waals surface area contributed by atoms with E-state index in [0.717, 1.165) is 11.1 Å². The van der Waals surface area contributed by atoms with E-state index in [1.807, 2.05) is 31.2 Å². The maximum absolute atomic E-state index is 12.8. The number of hydrogen-bond acceptors (Lipinski definition) is 4. The fourth-order valence-corrected chi connectivity index (χ4v) is 4.49. The fraction of sp³-hybridized carbons (Fsp3) is 0.316. The number of aryl methyl sites for hydroxylation is 1. The highest BCUT2D eigenvalue weighted by Crippen LogP contribution is 2.24. The summed E-state index contributed by atoms with van der Waals surface area (Å²) in [4.78, 5) is 12.6. The van der Waals surface area contributed by atoms with Gasteiger partial charge in [-0.15, -0.1) is 0 Å². The van der Waals surface area contributed by atoms with E-state index < -0.39 is 15.9 Å². The number of carbonyl (C=O) groups excluding carboxylic acids is 1. The van der Waals surface area contributed by atoms with Crippen molar-refractivity contribution in [2.75, 3.05) is 26.3 Å². The lowest BCUT2D eigenvalue weighted by molar-refractivity contribution is 0.0730. The Kier molecular flexibility index (Phi) is 6.16. The van der Waals surface area contributed by atoms with Gasteiger partial charge in [0, 0.05) is 19.6 Å². The zero-order chi connectivity index (χ0) is 19.4. The molecule has 3 rings (SSSR count). The van der Waals surface area contributed by atoms with Crippen molar-refractivity contribution < 1.29 is 17.9 Å². The highest BCUT2D eigenvalue weighted by molar-refractivity contribution is 7.89. The molecule has 0 radical (unpaired) electrons. The number of morpholine rings is 1. The maximum atomic E-state index is 12.8. The van der Waals surface area contributed by atoms with Crippen LogP contribution in [0.3, 0.4) is 0 Å². The third-order valence-corrected chi connectivity index (χ3v) is 6.72. The molecule has 2 aromatic carbocycles. The number of rotatable bonds is 5. The van der Waals surface area contributed by atoms with Gasteiger partial charge in [-0.3, -0.25) is 4.79 Å². The first-order valence-corrected chi connectivity index (χ1v) is 10.4. The van der Waals surface area contributed by atoms with Crippen molar-refractivity contribution >= 4 is 27.5 Å². The van der Waals surface area contributed by atoms with Crippen LogP contribution >= 0.6 is 11.6 Å². The molecule has 0 saturated carbocycles. The van der Waals surface area contributed by atoms with Gasteiger partial charge in [0.15, 0.2) is 0 Å². The number of ether oxygens (including phenoxy) is 1. The van der Waals surface area contributed by atoms with Crippen LogP contribution in [0, 0.1) is 6.92 Å². The SMILES string of the molecule is Cc1ccccc1CNC(=O)c1cc(S(=O)(=O)N2CCOCC2)ccc1Cl. The van der Waals surface area contributed by atoms with Crippen LogP contribution in [-0.4, -0.2) is 44.9 Å². The highest BCUT2D eigenvalue weighted by Gasteiger charge is 2.27. The van der Waals surface area contributed by atoms with Crippen LogP contribution in [0.2, 0.25) is 5.02 Å². The predicted octanol–water partition coefficient (Wildman–Crippen LogP) is 2.60. The molecule has 1 amide bonds. The van der Waals surface area contributed by atoms with Crippen molar-refractivity contribution in [2.24, 2.45) is 0 Å². The largest absolute Gasteiger partial charge is 0.379 e. The number of halogens is 1. The van der Waals surface area contributed by atoms with Gasteiger partial charge in [0.2, 0.25) is 10.0 Å². The van der Waals surface area contributed by atoms with Crippen LogP contribution in [0.15, 0.2) is 47.4 Å². The Morgan fingerprint density at radius 1 is 1.19 bits per heavy atom. The minimum absolute atomic E-state index is 0.0508. The van der Waals surface area contributed by atoms with Gasteiger partial charge in [-0.2, -0.15) is 4.31 Å². The molecule has 6 nitrogen and oxygen atoms in total. The lowest BCUT2D eigenvalue weighted by Gasteiger charge is -2.26. The first kappa shape index (κ1) is 19.8. The second kappa shape index (κ2) is 8.39. The number of carbonyl (C=O) groups is 1. The van der Waals surface area contributed by atoms with E-state index in [-0.39, 0.29) is 15.5 Å². The van der Waals surface area contributed by atoms with Crippen LogP contribution in [0.5, 0.6) is 0 Å². The third kappa shape index (κ3) is 4.50. The maximum Gasteiger partial charge on any atom is 0.253 e. The van der Waals surface area contributed by atoms with Crippen LogP contribution in [0.25, 0.3) is 0 Å². The molecular formula is C19H21ClN2O4S. The molecule has 144 valence electrons. The van der Waals surface area contributed by atoms with Crippen LogP contribution in [0.4, 0.5) is 0 Å². The van der Waals surface area contributed by atoms with Gasteiger partial charge in [-0.1, -0.05) is 35.9 Å². The van der Waals surface area contributed by atoms with Gasteiger partial charge >= 0.3 is 0 Å². The van der Waals surface area contributed by atoms with Crippen molar-refractivity contribution in [1.82, 2.24) is 9.62 Å². The normalized spacial score (nSPS) is 15.5. The second-order valence-electron chi connectivity index (χ2n) is 6.27. The average molecular weight is 409 g/mol. The molecule has 1 fully saturated rings. The Balaban J connectivity index is 1.80. The Hall–Kier alpha value is -1.93. The highest BCUT2D eigenvalue weighted by atomic mass is 35.5. The minimum atomic E-state index is -3.69. The molecule has 27 heavy (non-hydrogen) atoms. The lowest BCUT2D eigenvalue weighted by atomic mass is 10.1. The van der Waals surface area contributed by atoms with Crippen molar-refractivity contribution in [1.29, 1.82) is 0 Å². The third-order valence-electron chi connectivity index (χ3n) is 4.49. The number of nitrogens with zero attached hydrogens (tertiary/aromatic N) is 1. The fourth-order valence-electron chi connectivity index (χ4n) is 2.85. The van der Waals surface area contributed by atoms with E-state index in [0.29, 0.717) is 32.8 Å². The Morgan fingerprint density at radius 2 is 1.89 bits per heavy atom. The average Bonchev–Trinajstić information content (AvgIpc) is 2.68. The van der Waals surface area contributed by atoms with E-state index >= 15 is 0 Å². The molecular weight excluding hydrogens is 388 g/mol. The van der Waals surface area contributed by atoms with Gasteiger partial charge in [0.25, 0.3) is 5.91 Å². The van der Waals surface area contributed by atoms with Gasteiger partial charge < -0.3 is 10.1 Å². The number of amides is 1. The van der Waals surface area contributed by atoms with Gasteiger partial charge in [0.1, 0.15) is 0 Å². The summed E-state index contributed by atoms with van der Waals surface area (Å²) in [6, 6.07) is 11.9. The van der Waals surface area contributed by atoms with E-state index in [1.54, 1.807) is 0 Å². The molecule has 1 heterocycles. The molecule has 0 aromatic heterocycles. The number of hydrogen-bond donors (Lipinski definition) is 1. The summed E-state index contributed by atoms with van der Waals surface area (Å²) in [5, 5.41) is 3.01. The van der Waals surface area contributed by atoms with Crippen molar-refractivity contribution in [3.8, 4) is 0 Å². The molecule has 1 aliphatic heterocycles. The first-order chi connectivity index (χ1) is 12.9. The van der Waals surface area contributed by atoms with E-state index in [1.165, 1.54) is 22.5 Å². The minimum Gasteiger partial charge on any atom is -0.379 e. The zero-order valence-corrected chi connectivity index (χ0v) is 16.5. The second-order valence-corrected chi connectivity index (χ2v) is 8.61. The molecule has 0 atom stereocenters. The quantitative estimate of drug-likeness (QED) is 0.825. The van der Waals surface area contributed by atoms with Crippen molar-refractivity contribution in [3.63, 3.8) is 0 Å². The smallest absolute Gasteiger partial charge is 0.253 e. The molecule has 0 bridgehead atoms. The summed E-state index contributed by atoms with van der Waals surface area (Å²) in [7, 11) is -3.69. The van der Waals surface area contributed by atoms with E-state index in [4.69, 9.17) is 16.3 Å². The molecule has 0 aliphatic carbocycles. The first-order valence-electron chi connectivity index (χ1n) is 8.60. The van der Waals surface area contributed by atoms with Crippen molar-refractivity contribution in [3.05, 3.63) is 64.2 Å². The number of sulfonamides is 1. The van der Waals surface area contributed by atoms with Gasteiger partial charge in [0.05, 0.1) is 28.7 Å². The zero-order valence-electron chi connectivity index (χ0n) is 14.9. The Bertz CT molecular complexity index is 940. The summed E-state index contributed by atoms with van der Waals surface area (Å²) in [6.45, 7) is 3.60. The molecule has 8 heteroatoms. The Labute approximate surface area is 164 Å². The monoisotopic (exact) mass is 408 g/mol. The molecule has 1 N–H and O–H groups in total. The summed E-state index contributed by atoms with van der Waals surface area (Å²) in [5.74, 6) is -0.415. The number of benzene rings is 2. The topological polar surface area (TPSA) is 75.7 Å². The van der Waals surface area contributed by atoms with E-state index in [2.05, 4.69) is 5.32 Å². The molecule has 0 unspecified atom stereocenters. The summed E-state index contributed by atoms with van der Waals surface area (Å²) >= 11 is 6.15. The summed E-state index contributed by atoms with van der Waals surface area (Å²) in [6.07, 6.45) is 0. The van der Waals surface area contributed by atoms with Crippen LogP contribution in [-0.2, 0) is 21.3 Å². The lowest BCUT2D eigenvalue weighted by Crippen LogP contribution is -2.40. The van der Waals surface area contributed by atoms with Gasteiger partial charge in [-0.25, -0.2) is 8.42 Å². The molecule has 2 aromatic rings. The molecule has 1 aliphatic rings.